The zero-order valence-corrected chi connectivity index (χ0v) is 15.1. The number of aromatic nitrogens is 6. The van der Waals surface area contributed by atoms with E-state index in [1.165, 1.54) is 4.20 Å². The normalized spacial score (nSPS) is 11.3. The van der Waals surface area contributed by atoms with E-state index in [0.29, 0.717) is 5.82 Å². The van der Waals surface area contributed by atoms with Crippen molar-refractivity contribution >= 4 is 39.8 Å². The largest absolute Gasteiger partial charge is 0.337 e. The van der Waals surface area contributed by atoms with Gasteiger partial charge in [0.2, 0.25) is 0 Å². The molecule has 4 aromatic heterocycles. The van der Waals surface area contributed by atoms with Gasteiger partial charge in [0.1, 0.15) is 0 Å². The minimum absolute atomic E-state index is 0.668. The fourth-order valence-electron chi connectivity index (χ4n) is 3.09. The number of imidazole rings is 1. The van der Waals surface area contributed by atoms with Crippen molar-refractivity contribution in [2.75, 3.05) is 5.32 Å². The third kappa shape index (κ3) is 2.78. The molecule has 0 atom stereocenters. The Morgan fingerprint density at radius 2 is 2.00 bits per heavy atom. The number of aryl methyl sites for hydroxylation is 1. The minimum atomic E-state index is 0.668. The van der Waals surface area contributed by atoms with Gasteiger partial charge in [-0.05, 0) is 31.2 Å². The van der Waals surface area contributed by atoms with Crippen LogP contribution in [0.5, 0.6) is 0 Å². The first kappa shape index (κ1) is 15.8. The summed E-state index contributed by atoms with van der Waals surface area (Å²) < 4.78 is 3.20. The summed E-state index contributed by atoms with van der Waals surface area (Å²) in [5.41, 5.74) is 5.37. The fraction of sp³-hybridized carbons (Fsp3) is 0.0526. The molecule has 8 heteroatoms. The molecule has 132 valence electrons. The lowest BCUT2D eigenvalue weighted by Gasteiger charge is -2.08. The van der Waals surface area contributed by atoms with E-state index >= 15 is 0 Å². The van der Waals surface area contributed by atoms with E-state index in [2.05, 4.69) is 31.4 Å². The molecule has 0 saturated carbocycles. The Balaban J connectivity index is 1.55. The summed E-state index contributed by atoms with van der Waals surface area (Å²) in [5, 5.41) is 8.43. The number of hydrogen-bond donors (Lipinski definition) is 1. The fourth-order valence-corrected chi connectivity index (χ4v) is 3.24. The molecule has 1 N–H and O–H groups in total. The van der Waals surface area contributed by atoms with Crippen LogP contribution in [0, 0.1) is 6.92 Å². The summed E-state index contributed by atoms with van der Waals surface area (Å²) in [5.74, 6) is 0.668. The molecule has 0 unspecified atom stereocenters. The molecule has 7 nitrogen and oxygen atoms in total. The van der Waals surface area contributed by atoms with Crippen LogP contribution in [-0.2, 0) is 0 Å². The third-order valence-corrected chi connectivity index (χ3v) is 4.55. The van der Waals surface area contributed by atoms with Gasteiger partial charge in [0.25, 0.3) is 0 Å². The number of halogens is 1. The van der Waals surface area contributed by atoms with E-state index in [1.54, 1.807) is 24.8 Å². The molecule has 0 bridgehead atoms. The topological polar surface area (TPSA) is 72.9 Å². The van der Waals surface area contributed by atoms with E-state index in [4.69, 9.17) is 11.8 Å². The van der Waals surface area contributed by atoms with Gasteiger partial charge in [0.15, 0.2) is 11.5 Å². The molecule has 0 radical (unpaired) electrons. The summed E-state index contributed by atoms with van der Waals surface area (Å²) in [6.07, 6.45) is 8.81. The highest BCUT2D eigenvalue weighted by molar-refractivity contribution is 6.14. The summed E-state index contributed by atoms with van der Waals surface area (Å²) in [7, 11) is 0. The van der Waals surface area contributed by atoms with Gasteiger partial charge in [0, 0.05) is 46.5 Å². The maximum absolute atomic E-state index is 5.87. The number of pyridine rings is 1. The molecule has 0 saturated heterocycles. The smallest absolute Gasteiger partial charge is 0.180 e. The quantitative estimate of drug-likeness (QED) is 0.511. The monoisotopic (exact) mass is 375 g/mol. The van der Waals surface area contributed by atoms with E-state index in [0.717, 1.165) is 39.2 Å². The Morgan fingerprint density at radius 3 is 2.85 bits per heavy atom. The number of benzene rings is 1. The molecule has 0 fully saturated rings. The van der Waals surface area contributed by atoms with E-state index < -0.39 is 0 Å². The molecule has 0 aliphatic rings. The van der Waals surface area contributed by atoms with Crippen LogP contribution in [0.4, 0.5) is 11.5 Å². The van der Waals surface area contributed by atoms with Crippen LogP contribution in [0.15, 0.2) is 61.3 Å². The van der Waals surface area contributed by atoms with Crippen molar-refractivity contribution in [1.29, 1.82) is 0 Å². The van der Waals surface area contributed by atoms with Crippen molar-refractivity contribution in [2.45, 2.75) is 6.92 Å². The molecule has 0 spiro atoms. The Bertz CT molecular complexity index is 1290. The predicted molar refractivity (Wildman–Crippen MR) is 105 cm³/mol. The first-order chi connectivity index (χ1) is 13.2. The number of nitrogens with zero attached hydrogens (tertiary/aromatic N) is 6. The van der Waals surface area contributed by atoms with Crippen LogP contribution in [0.1, 0.15) is 5.69 Å². The van der Waals surface area contributed by atoms with Crippen molar-refractivity contribution in [2.24, 2.45) is 0 Å². The molecule has 0 aliphatic carbocycles. The maximum atomic E-state index is 5.87. The second-order valence-corrected chi connectivity index (χ2v) is 6.56. The van der Waals surface area contributed by atoms with Gasteiger partial charge in [-0.15, -0.1) is 0 Å². The zero-order valence-electron chi connectivity index (χ0n) is 14.3. The van der Waals surface area contributed by atoms with Crippen LogP contribution in [0.2, 0.25) is 0 Å². The van der Waals surface area contributed by atoms with Crippen LogP contribution >= 0.6 is 11.8 Å². The van der Waals surface area contributed by atoms with Gasteiger partial charge < -0.3 is 5.32 Å². The van der Waals surface area contributed by atoms with Gasteiger partial charge in [-0.3, -0.25) is 9.38 Å². The maximum Gasteiger partial charge on any atom is 0.180 e. The molecule has 0 aliphatic heterocycles. The Hall–Kier alpha value is -3.45. The van der Waals surface area contributed by atoms with Crippen molar-refractivity contribution in [1.82, 2.24) is 28.7 Å². The lowest BCUT2D eigenvalue weighted by molar-refractivity contribution is 0.994. The first-order valence-electron chi connectivity index (χ1n) is 8.35. The first-order valence-corrected chi connectivity index (χ1v) is 8.69. The predicted octanol–water partition coefficient (Wildman–Crippen LogP) is 4.19. The molecule has 0 amide bonds. The minimum Gasteiger partial charge on any atom is -0.337 e. The van der Waals surface area contributed by atoms with Crippen LogP contribution in [0.3, 0.4) is 0 Å². The van der Waals surface area contributed by atoms with Crippen molar-refractivity contribution in [3.63, 3.8) is 0 Å². The SMILES string of the molecule is Cc1ccc2cc(Nc3nccn4c(-c5cnn(Cl)c5)cnc34)ccc2n1. The molecular weight excluding hydrogens is 362 g/mol. The highest BCUT2D eigenvalue weighted by Gasteiger charge is 2.12. The lowest BCUT2D eigenvalue weighted by Crippen LogP contribution is -1.98. The van der Waals surface area contributed by atoms with Crippen molar-refractivity contribution in [3.05, 3.63) is 67.0 Å². The van der Waals surface area contributed by atoms with E-state index in [-0.39, 0.29) is 0 Å². The second-order valence-electron chi connectivity index (χ2n) is 6.22. The lowest BCUT2D eigenvalue weighted by atomic mass is 10.2. The highest BCUT2D eigenvalue weighted by Crippen LogP contribution is 2.26. The van der Waals surface area contributed by atoms with Crippen LogP contribution in [0.25, 0.3) is 27.8 Å². The van der Waals surface area contributed by atoms with E-state index in [1.807, 2.05) is 41.8 Å². The summed E-state index contributed by atoms with van der Waals surface area (Å²) in [6.45, 7) is 1.99. The Kier molecular flexibility index (Phi) is 3.54. The molecule has 5 aromatic rings. The average Bonchev–Trinajstić information content (AvgIpc) is 3.28. The molecular formula is C19H14ClN7. The number of anilines is 2. The highest BCUT2D eigenvalue weighted by atomic mass is 35.5. The summed E-state index contributed by atoms with van der Waals surface area (Å²) in [4.78, 5) is 13.5. The average molecular weight is 376 g/mol. The number of rotatable bonds is 3. The Morgan fingerprint density at radius 1 is 1.07 bits per heavy atom. The van der Waals surface area contributed by atoms with Crippen molar-refractivity contribution in [3.8, 4) is 11.3 Å². The third-order valence-electron chi connectivity index (χ3n) is 4.37. The van der Waals surface area contributed by atoms with Gasteiger partial charge in [0.05, 0.1) is 29.8 Å². The van der Waals surface area contributed by atoms with Crippen molar-refractivity contribution < 1.29 is 0 Å². The van der Waals surface area contributed by atoms with Gasteiger partial charge in [-0.2, -0.15) is 9.30 Å². The molecule has 5 rings (SSSR count). The number of fused-ring (bicyclic) bond motifs is 2. The van der Waals surface area contributed by atoms with Gasteiger partial charge in [-0.1, -0.05) is 6.07 Å². The van der Waals surface area contributed by atoms with Crippen LogP contribution < -0.4 is 5.32 Å². The number of nitrogens with one attached hydrogen (secondary N) is 1. The summed E-state index contributed by atoms with van der Waals surface area (Å²) in [6, 6.07) is 10.1. The van der Waals surface area contributed by atoms with Gasteiger partial charge in [-0.25, -0.2) is 9.97 Å². The number of hydrogen-bond acceptors (Lipinski definition) is 5. The second kappa shape index (κ2) is 6.07. The molecule has 27 heavy (non-hydrogen) atoms. The zero-order chi connectivity index (χ0) is 18.4. The Labute approximate surface area is 159 Å². The van der Waals surface area contributed by atoms with Gasteiger partial charge >= 0.3 is 0 Å². The molecule has 4 heterocycles. The van der Waals surface area contributed by atoms with Crippen LogP contribution in [-0.4, -0.2) is 28.7 Å². The summed E-state index contributed by atoms with van der Waals surface area (Å²) >= 11 is 5.87. The molecule has 1 aromatic carbocycles. The van der Waals surface area contributed by atoms with E-state index in [9.17, 15) is 0 Å². The standard InChI is InChI=1S/C19H14ClN7/c1-12-2-3-13-8-15(4-5-16(13)24-12)25-18-19-22-10-17(26(19)7-6-21-18)14-9-23-27(20)11-14/h2-11H,1H3,(H,21,25).